The fraction of sp³-hybridized carbons (Fsp3) is 0.538. The predicted molar refractivity (Wildman–Crippen MR) is 79.4 cm³/mol. The van der Waals surface area contributed by atoms with Crippen molar-refractivity contribution in [2.45, 2.75) is 18.9 Å². The van der Waals surface area contributed by atoms with E-state index in [1.54, 1.807) is 12.1 Å². The summed E-state index contributed by atoms with van der Waals surface area (Å²) >= 11 is 5.98. The summed E-state index contributed by atoms with van der Waals surface area (Å²) in [5.41, 5.74) is 7.21. The fourth-order valence-electron chi connectivity index (χ4n) is 2.42. The van der Waals surface area contributed by atoms with Gasteiger partial charge < -0.3 is 20.9 Å². The van der Waals surface area contributed by atoms with E-state index in [9.17, 15) is 5.11 Å². The van der Waals surface area contributed by atoms with E-state index in [0.29, 0.717) is 11.7 Å². The zero-order valence-electron chi connectivity index (χ0n) is 10.9. The molecule has 1 atom stereocenters. The minimum atomic E-state index is -0.0703. The number of methoxy groups -OCH3 is 1. The Kier molecular flexibility index (Phi) is 6.20. The van der Waals surface area contributed by atoms with Gasteiger partial charge >= 0.3 is 0 Å². The number of hydrogen-bond acceptors (Lipinski definition) is 4. The maximum atomic E-state index is 9.71. The lowest BCUT2D eigenvalue weighted by atomic mass is 9.86. The molecular weight excluding hydrogens is 287 g/mol. The van der Waals surface area contributed by atoms with Crippen molar-refractivity contribution < 1.29 is 9.84 Å². The quantitative estimate of drug-likeness (QED) is 0.802. The molecule has 1 aliphatic rings. The lowest BCUT2D eigenvalue weighted by Crippen LogP contribution is -2.33. The van der Waals surface area contributed by atoms with Crippen LogP contribution in [0.5, 0.6) is 11.5 Å². The minimum Gasteiger partial charge on any atom is -0.503 e. The predicted octanol–water partition coefficient (Wildman–Crippen LogP) is 2.48. The average molecular weight is 307 g/mol. The number of piperidine rings is 1. The average Bonchev–Trinajstić information content (AvgIpc) is 2.42. The molecule has 0 aromatic heterocycles. The molecule has 0 radical (unpaired) electrons. The zero-order chi connectivity index (χ0) is 13.1. The van der Waals surface area contributed by atoms with Gasteiger partial charge in [-0.3, -0.25) is 0 Å². The number of rotatable bonds is 3. The number of hydrogen-bond donors (Lipinski definition) is 3. The molecule has 4 nitrogen and oxygen atoms in total. The third kappa shape index (κ3) is 3.66. The van der Waals surface area contributed by atoms with Gasteiger partial charge in [-0.1, -0.05) is 11.6 Å². The number of ether oxygens (including phenoxy) is 1. The number of halogens is 2. The van der Waals surface area contributed by atoms with Crippen molar-refractivity contribution in [2.24, 2.45) is 11.7 Å². The first kappa shape index (κ1) is 16.4. The Morgan fingerprint density at radius 1 is 1.42 bits per heavy atom. The highest BCUT2D eigenvalue weighted by atomic mass is 35.5. The number of benzene rings is 1. The first-order valence-electron chi connectivity index (χ1n) is 6.16. The van der Waals surface area contributed by atoms with E-state index in [1.807, 2.05) is 0 Å². The first-order chi connectivity index (χ1) is 8.63. The monoisotopic (exact) mass is 306 g/mol. The van der Waals surface area contributed by atoms with Crippen LogP contribution in [-0.4, -0.2) is 25.3 Å². The van der Waals surface area contributed by atoms with E-state index >= 15 is 0 Å². The van der Waals surface area contributed by atoms with Crippen LogP contribution in [0, 0.1) is 5.92 Å². The van der Waals surface area contributed by atoms with Gasteiger partial charge in [0.2, 0.25) is 0 Å². The summed E-state index contributed by atoms with van der Waals surface area (Å²) < 4.78 is 5.10. The second kappa shape index (κ2) is 7.20. The van der Waals surface area contributed by atoms with Gasteiger partial charge in [-0.2, -0.15) is 0 Å². The number of phenolic OH excluding ortho intramolecular Hbond substituents is 1. The second-order valence-corrected chi connectivity index (χ2v) is 5.07. The molecular formula is C13H20Cl2N2O2. The Morgan fingerprint density at radius 2 is 2.05 bits per heavy atom. The normalized spacial score (nSPS) is 17.6. The lowest BCUT2D eigenvalue weighted by Gasteiger charge is -2.28. The van der Waals surface area contributed by atoms with Gasteiger partial charge in [-0.25, -0.2) is 0 Å². The highest BCUT2D eigenvalue weighted by Crippen LogP contribution is 2.38. The van der Waals surface area contributed by atoms with Crippen LogP contribution in [0.1, 0.15) is 24.4 Å². The van der Waals surface area contributed by atoms with Crippen molar-refractivity contribution in [1.29, 1.82) is 0 Å². The van der Waals surface area contributed by atoms with Crippen molar-refractivity contribution >= 4 is 24.0 Å². The Hall–Kier alpha value is -0.680. The van der Waals surface area contributed by atoms with Crippen LogP contribution in [0.4, 0.5) is 0 Å². The molecule has 1 saturated heterocycles. The van der Waals surface area contributed by atoms with Crippen molar-refractivity contribution in [3.05, 3.63) is 22.7 Å². The summed E-state index contributed by atoms with van der Waals surface area (Å²) in [6.45, 7) is 2.00. The molecule has 108 valence electrons. The fourth-order valence-corrected chi connectivity index (χ4v) is 2.64. The SMILES string of the molecule is COc1cc([C@H](N)C2CCNCC2)cc(Cl)c1O.Cl. The van der Waals surface area contributed by atoms with E-state index in [2.05, 4.69) is 5.32 Å². The molecule has 0 unspecified atom stereocenters. The molecule has 1 heterocycles. The summed E-state index contributed by atoms with van der Waals surface area (Å²) in [6.07, 6.45) is 2.12. The van der Waals surface area contributed by atoms with Crippen molar-refractivity contribution in [1.82, 2.24) is 5.32 Å². The molecule has 1 aliphatic heterocycles. The van der Waals surface area contributed by atoms with E-state index < -0.39 is 0 Å². The standard InChI is InChI=1S/C13H19ClN2O2.ClH/c1-18-11-7-9(6-10(14)13(11)17)12(15)8-2-4-16-5-3-8;/h6-8,12,16-17H,2-5,15H2,1H3;1H/t12-;/m1./s1. The topological polar surface area (TPSA) is 67.5 Å². The summed E-state index contributed by atoms with van der Waals surface area (Å²) in [5, 5.41) is 13.3. The van der Waals surface area contributed by atoms with Gasteiger partial charge in [0.05, 0.1) is 12.1 Å². The Labute approximate surface area is 124 Å². The van der Waals surface area contributed by atoms with Crippen LogP contribution in [0.2, 0.25) is 5.02 Å². The smallest absolute Gasteiger partial charge is 0.176 e. The summed E-state index contributed by atoms with van der Waals surface area (Å²) in [6, 6.07) is 3.43. The lowest BCUT2D eigenvalue weighted by molar-refractivity contribution is 0.320. The van der Waals surface area contributed by atoms with Gasteiger partial charge in [0.1, 0.15) is 0 Å². The molecule has 6 heteroatoms. The van der Waals surface area contributed by atoms with Crippen LogP contribution < -0.4 is 15.8 Å². The number of aromatic hydroxyl groups is 1. The summed E-state index contributed by atoms with van der Waals surface area (Å²) in [4.78, 5) is 0. The number of nitrogens with two attached hydrogens (primary N) is 1. The van der Waals surface area contributed by atoms with E-state index in [4.69, 9.17) is 22.1 Å². The molecule has 0 aliphatic carbocycles. The Bertz CT molecular complexity index is 423. The highest BCUT2D eigenvalue weighted by molar-refractivity contribution is 6.32. The van der Waals surface area contributed by atoms with Crippen molar-refractivity contribution in [2.75, 3.05) is 20.2 Å². The molecule has 19 heavy (non-hydrogen) atoms. The third-order valence-electron chi connectivity index (χ3n) is 3.55. The molecule has 0 spiro atoms. The largest absolute Gasteiger partial charge is 0.503 e. The van der Waals surface area contributed by atoms with Gasteiger partial charge in [-0.05, 0) is 49.5 Å². The van der Waals surface area contributed by atoms with Crippen LogP contribution in [0.15, 0.2) is 12.1 Å². The molecule has 0 bridgehead atoms. The zero-order valence-corrected chi connectivity index (χ0v) is 12.4. The third-order valence-corrected chi connectivity index (χ3v) is 3.84. The van der Waals surface area contributed by atoms with Crippen LogP contribution in [0.3, 0.4) is 0 Å². The maximum absolute atomic E-state index is 9.71. The van der Waals surface area contributed by atoms with E-state index in [0.717, 1.165) is 31.5 Å². The molecule has 2 rings (SSSR count). The van der Waals surface area contributed by atoms with Gasteiger partial charge in [0, 0.05) is 6.04 Å². The maximum Gasteiger partial charge on any atom is 0.176 e. The second-order valence-electron chi connectivity index (χ2n) is 4.67. The number of phenols is 1. The molecule has 4 N–H and O–H groups in total. The number of nitrogens with one attached hydrogen (secondary N) is 1. The van der Waals surface area contributed by atoms with Crippen LogP contribution >= 0.6 is 24.0 Å². The van der Waals surface area contributed by atoms with Gasteiger partial charge in [-0.15, -0.1) is 12.4 Å². The van der Waals surface area contributed by atoms with Crippen LogP contribution in [-0.2, 0) is 0 Å². The van der Waals surface area contributed by atoms with Gasteiger partial charge in [0.25, 0.3) is 0 Å². The summed E-state index contributed by atoms with van der Waals surface area (Å²) in [7, 11) is 1.51. The highest BCUT2D eigenvalue weighted by Gasteiger charge is 2.23. The molecule has 0 saturated carbocycles. The van der Waals surface area contributed by atoms with Crippen molar-refractivity contribution in [3.63, 3.8) is 0 Å². The van der Waals surface area contributed by atoms with Crippen LogP contribution in [0.25, 0.3) is 0 Å². The van der Waals surface area contributed by atoms with E-state index in [1.165, 1.54) is 7.11 Å². The minimum absolute atomic E-state index is 0. The molecule has 1 fully saturated rings. The van der Waals surface area contributed by atoms with Crippen molar-refractivity contribution in [3.8, 4) is 11.5 Å². The first-order valence-corrected chi connectivity index (χ1v) is 6.54. The molecule has 0 amide bonds. The molecule has 1 aromatic rings. The van der Waals surface area contributed by atoms with E-state index in [-0.39, 0.29) is 29.2 Å². The summed E-state index contributed by atoms with van der Waals surface area (Å²) in [5.74, 6) is 0.791. The molecule has 1 aromatic carbocycles. The Morgan fingerprint density at radius 3 is 2.63 bits per heavy atom. The Balaban J connectivity index is 0.00000180. The van der Waals surface area contributed by atoms with Gasteiger partial charge in [0.15, 0.2) is 11.5 Å².